The van der Waals surface area contributed by atoms with Gasteiger partial charge in [0.05, 0.1) is 5.69 Å². The largest absolute Gasteiger partial charge is 0.256 e. The molecule has 0 bridgehead atoms. The number of nitrogens with zero attached hydrogens (tertiary/aromatic N) is 1. The molecule has 0 saturated heterocycles. The SMILES string of the molecule is c1ccc(-c2cc(-c3ccc(C4CCC(C5CCCCC5)CC4)cc3)ccn2)cc1. The van der Waals surface area contributed by atoms with E-state index >= 15 is 0 Å². The van der Waals surface area contributed by atoms with Crippen LogP contribution in [0.15, 0.2) is 72.9 Å². The molecule has 1 aromatic heterocycles. The van der Waals surface area contributed by atoms with Crippen LogP contribution in [0.1, 0.15) is 69.3 Å². The van der Waals surface area contributed by atoms with Crippen molar-refractivity contribution in [3.8, 4) is 22.4 Å². The molecule has 0 aliphatic heterocycles. The highest BCUT2D eigenvalue weighted by molar-refractivity contribution is 5.70. The molecule has 2 aliphatic carbocycles. The first kappa shape index (κ1) is 19.5. The van der Waals surface area contributed by atoms with Crippen molar-refractivity contribution in [1.29, 1.82) is 0 Å². The van der Waals surface area contributed by atoms with Crippen molar-refractivity contribution in [2.75, 3.05) is 0 Å². The smallest absolute Gasteiger partial charge is 0.0708 e. The molecule has 154 valence electrons. The molecular formula is C29H33N. The van der Waals surface area contributed by atoms with E-state index in [-0.39, 0.29) is 0 Å². The maximum atomic E-state index is 4.57. The van der Waals surface area contributed by atoms with Gasteiger partial charge in [-0.05, 0) is 72.3 Å². The van der Waals surface area contributed by atoms with E-state index in [0.29, 0.717) is 0 Å². The minimum absolute atomic E-state index is 0.760. The minimum Gasteiger partial charge on any atom is -0.256 e. The zero-order valence-corrected chi connectivity index (χ0v) is 18.0. The summed E-state index contributed by atoms with van der Waals surface area (Å²) in [6.45, 7) is 0. The van der Waals surface area contributed by atoms with Crippen LogP contribution in [-0.4, -0.2) is 4.98 Å². The molecule has 2 aromatic carbocycles. The summed E-state index contributed by atoms with van der Waals surface area (Å²) < 4.78 is 0. The maximum Gasteiger partial charge on any atom is 0.0708 e. The Bertz CT molecular complexity index is 930. The molecule has 1 heteroatoms. The fourth-order valence-electron chi connectivity index (χ4n) is 5.85. The third kappa shape index (κ3) is 4.36. The molecule has 0 radical (unpaired) electrons. The first-order chi connectivity index (χ1) is 14.9. The summed E-state index contributed by atoms with van der Waals surface area (Å²) in [6.07, 6.45) is 15.0. The Morgan fingerprint density at radius 3 is 2.00 bits per heavy atom. The number of rotatable bonds is 4. The van der Waals surface area contributed by atoms with Crippen molar-refractivity contribution in [3.05, 3.63) is 78.5 Å². The summed E-state index contributed by atoms with van der Waals surface area (Å²) in [7, 11) is 0. The van der Waals surface area contributed by atoms with E-state index in [1.807, 2.05) is 6.20 Å². The van der Waals surface area contributed by atoms with Gasteiger partial charge in [0.1, 0.15) is 0 Å². The Morgan fingerprint density at radius 1 is 0.567 bits per heavy atom. The lowest BCUT2D eigenvalue weighted by atomic mass is 9.70. The Labute approximate surface area is 181 Å². The molecule has 0 amide bonds. The van der Waals surface area contributed by atoms with Crippen molar-refractivity contribution >= 4 is 0 Å². The van der Waals surface area contributed by atoms with Crippen LogP contribution in [0, 0.1) is 11.8 Å². The summed E-state index contributed by atoms with van der Waals surface area (Å²) in [5.41, 5.74) is 6.28. The second-order valence-electron chi connectivity index (χ2n) is 9.43. The lowest BCUT2D eigenvalue weighted by molar-refractivity contribution is 0.186. The van der Waals surface area contributed by atoms with Gasteiger partial charge in [0, 0.05) is 11.8 Å². The van der Waals surface area contributed by atoms with E-state index in [9.17, 15) is 0 Å². The molecule has 0 atom stereocenters. The predicted molar refractivity (Wildman–Crippen MR) is 126 cm³/mol. The molecule has 1 nitrogen and oxygen atoms in total. The molecule has 3 aromatic rings. The van der Waals surface area contributed by atoms with Gasteiger partial charge in [-0.1, -0.05) is 86.7 Å². The van der Waals surface area contributed by atoms with E-state index in [2.05, 4.69) is 71.7 Å². The topological polar surface area (TPSA) is 12.9 Å². The molecule has 0 N–H and O–H groups in total. The van der Waals surface area contributed by atoms with Gasteiger partial charge in [-0.2, -0.15) is 0 Å². The Hall–Kier alpha value is -2.41. The average Bonchev–Trinajstić information content (AvgIpc) is 2.85. The van der Waals surface area contributed by atoms with Crippen LogP contribution < -0.4 is 0 Å². The molecule has 0 spiro atoms. The van der Waals surface area contributed by atoms with Gasteiger partial charge in [-0.25, -0.2) is 0 Å². The molecule has 30 heavy (non-hydrogen) atoms. The second kappa shape index (κ2) is 9.16. The number of pyridine rings is 1. The van der Waals surface area contributed by atoms with Crippen LogP contribution in [0.5, 0.6) is 0 Å². The van der Waals surface area contributed by atoms with Crippen molar-refractivity contribution < 1.29 is 0 Å². The third-order valence-corrected chi connectivity index (χ3v) is 7.63. The van der Waals surface area contributed by atoms with Crippen LogP contribution in [0.4, 0.5) is 0 Å². The lowest BCUT2D eigenvalue weighted by Gasteiger charge is -2.36. The molecular weight excluding hydrogens is 362 g/mol. The number of hydrogen-bond donors (Lipinski definition) is 0. The van der Waals surface area contributed by atoms with Crippen molar-refractivity contribution in [2.24, 2.45) is 11.8 Å². The van der Waals surface area contributed by atoms with E-state index in [4.69, 9.17) is 0 Å². The van der Waals surface area contributed by atoms with Gasteiger partial charge in [-0.15, -0.1) is 0 Å². The summed E-state index contributed by atoms with van der Waals surface area (Å²) in [5.74, 6) is 2.80. The third-order valence-electron chi connectivity index (χ3n) is 7.63. The fourth-order valence-corrected chi connectivity index (χ4v) is 5.85. The molecule has 1 heterocycles. The van der Waals surface area contributed by atoms with Crippen LogP contribution in [0.25, 0.3) is 22.4 Å². The van der Waals surface area contributed by atoms with E-state index in [1.54, 1.807) is 0 Å². The van der Waals surface area contributed by atoms with Gasteiger partial charge in [0.25, 0.3) is 0 Å². The van der Waals surface area contributed by atoms with E-state index < -0.39 is 0 Å². The quantitative estimate of drug-likeness (QED) is 0.433. The van der Waals surface area contributed by atoms with Gasteiger partial charge in [0.2, 0.25) is 0 Å². The van der Waals surface area contributed by atoms with Gasteiger partial charge >= 0.3 is 0 Å². The fraction of sp³-hybridized carbons (Fsp3) is 0.414. The molecule has 2 saturated carbocycles. The number of aromatic nitrogens is 1. The lowest BCUT2D eigenvalue weighted by Crippen LogP contribution is -2.23. The van der Waals surface area contributed by atoms with Crippen LogP contribution in [0.3, 0.4) is 0 Å². The minimum atomic E-state index is 0.760. The summed E-state index contributed by atoms with van der Waals surface area (Å²) in [5, 5.41) is 0. The standard InChI is InChI=1S/C29H33N/c1-3-7-22(8-4-1)23-11-13-24(14-12-23)25-15-17-26(18-16-25)28-19-20-30-29(21-28)27-9-5-2-6-10-27/h2,5-6,9-10,15-24H,1,3-4,7-8,11-14H2. The van der Waals surface area contributed by atoms with Crippen LogP contribution in [0.2, 0.25) is 0 Å². The van der Waals surface area contributed by atoms with Crippen LogP contribution in [-0.2, 0) is 0 Å². The zero-order valence-electron chi connectivity index (χ0n) is 18.0. The highest BCUT2D eigenvalue weighted by atomic mass is 14.7. The Morgan fingerprint density at radius 2 is 1.27 bits per heavy atom. The van der Waals surface area contributed by atoms with Crippen molar-refractivity contribution in [1.82, 2.24) is 4.98 Å². The summed E-state index contributed by atoms with van der Waals surface area (Å²) in [4.78, 5) is 4.57. The Balaban J connectivity index is 1.25. The molecule has 0 unspecified atom stereocenters. The van der Waals surface area contributed by atoms with Crippen LogP contribution >= 0.6 is 0 Å². The summed E-state index contributed by atoms with van der Waals surface area (Å²) >= 11 is 0. The highest BCUT2D eigenvalue weighted by Crippen LogP contribution is 2.43. The van der Waals surface area contributed by atoms with Crippen molar-refractivity contribution in [3.63, 3.8) is 0 Å². The Kier molecular flexibility index (Phi) is 5.97. The number of benzene rings is 2. The predicted octanol–water partition coefficient (Wildman–Crippen LogP) is 8.27. The van der Waals surface area contributed by atoms with Gasteiger partial charge < -0.3 is 0 Å². The highest BCUT2D eigenvalue weighted by Gasteiger charge is 2.29. The molecule has 5 rings (SSSR count). The maximum absolute atomic E-state index is 4.57. The van der Waals surface area contributed by atoms with Gasteiger partial charge in [0.15, 0.2) is 0 Å². The van der Waals surface area contributed by atoms with Gasteiger partial charge in [-0.3, -0.25) is 4.98 Å². The first-order valence-corrected chi connectivity index (χ1v) is 12.0. The zero-order chi connectivity index (χ0) is 20.2. The van der Waals surface area contributed by atoms with Crippen molar-refractivity contribution in [2.45, 2.75) is 63.7 Å². The first-order valence-electron chi connectivity index (χ1n) is 12.0. The monoisotopic (exact) mass is 395 g/mol. The van der Waals surface area contributed by atoms with E-state index in [0.717, 1.165) is 23.4 Å². The van der Waals surface area contributed by atoms with E-state index in [1.165, 1.54) is 80.0 Å². The molecule has 2 fully saturated rings. The average molecular weight is 396 g/mol. The molecule has 2 aliphatic rings. The summed E-state index contributed by atoms with van der Waals surface area (Å²) in [6, 6.07) is 24.2. The second-order valence-corrected chi connectivity index (χ2v) is 9.43. The number of hydrogen-bond acceptors (Lipinski definition) is 1. The normalized spacial score (nSPS) is 22.7.